The zero-order valence-corrected chi connectivity index (χ0v) is 13.3. The van der Waals surface area contributed by atoms with Gasteiger partial charge in [-0.05, 0) is 29.8 Å². The van der Waals surface area contributed by atoms with E-state index in [1.54, 1.807) is 0 Å². The van der Waals surface area contributed by atoms with Crippen molar-refractivity contribution in [2.24, 2.45) is 5.92 Å². The van der Waals surface area contributed by atoms with Gasteiger partial charge in [-0.15, -0.1) is 10.2 Å². The summed E-state index contributed by atoms with van der Waals surface area (Å²) >= 11 is 6.05. The van der Waals surface area contributed by atoms with Gasteiger partial charge < -0.3 is 5.11 Å². The molecule has 0 spiro atoms. The molecular weight excluding hydrogens is 346 g/mol. The molecule has 2 aromatic rings. The molecular formula is C12H12ClN5O4S. The van der Waals surface area contributed by atoms with E-state index in [-0.39, 0.29) is 28.8 Å². The summed E-state index contributed by atoms with van der Waals surface area (Å²) in [6, 6.07) is 4.16. The average Bonchev–Trinajstić information content (AvgIpc) is 3.19. The lowest BCUT2D eigenvalue weighted by atomic mass is 10.1. The third-order valence-corrected chi connectivity index (χ3v) is 5.85. The lowest BCUT2D eigenvalue weighted by Gasteiger charge is -2.16. The lowest BCUT2D eigenvalue weighted by molar-refractivity contribution is -0.141. The van der Waals surface area contributed by atoms with Gasteiger partial charge in [-0.2, -0.15) is 9.52 Å². The minimum Gasteiger partial charge on any atom is -0.481 e. The van der Waals surface area contributed by atoms with Crippen LogP contribution in [0, 0.1) is 5.92 Å². The Morgan fingerprint density at radius 2 is 2.22 bits per heavy atom. The second kappa shape index (κ2) is 5.87. The number of nitrogens with zero attached hydrogens (tertiary/aromatic N) is 4. The van der Waals surface area contributed by atoms with E-state index in [1.807, 2.05) is 0 Å². The Balaban J connectivity index is 1.95. The Hall–Kier alpha value is -2.04. The molecule has 1 aromatic heterocycles. The number of nitrogens with one attached hydrogen (secondary N) is 1. The standard InChI is InChI=1S/C12H12ClN5O4S/c13-10-2-1-8(5-9(10)11-14-16-17-15-11)23(21,22)18-4-3-7(6-18)12(19)20/h1-2,5,7H,3-4,6H2,(H,19,20)(H,14,15,16,17). The summed E-state index contributed by atoms with van der Waals surface area (Å²) in [6.45, 7) is 0.122. The molecule has 122 valence electrons. The highest BCUT2D eigenvalue weighted by molar-refractivity contribution is 7.89. The predicted molar refractivity (Wildman–Crippen MR) is 79.1 cm³/mol. The summed E-state index contributed by atoms with van der Waals surface area (Å²) in [4.78, 5) is 11.0. The molecule has 11 heteroatoms. The molecule has 0 aliphatic carbocycles. The Kier molecular flexibility index (Phi) is 4.04. The molecule has 23 heavy (non-hydrogen) atoms. The topological polar surface area (TPSA) is 129 Å². The van der Waals surface area contributed by atoms with Crippen molar-refractivity contribution in [1.29, 1.82) is 0 Å². The number of sulfonamides is 1. The van der Waals surface area contributed by atoms with Crippen LogP contribution in [0.25, 0.3) is 11.4 Å². The van der Waals surface area contributed by atoms with E-state index in [0.717, 1.165) is 4.31 Å². The molecule has 3 rings (SSSR count). The Bertz CT molecular complexity index is 839. The summed E-state index contributed by atoms with van der Waals surface area (Å²) < 4.78 is 26.5. The highest BCUT2D eigenvalue weighted by Crippen LogP contribution is 2.30. The first-order valence-electron chi connectivity index (χ1n) is 6.66. The van der Waals surface area contributed by atoms with Gasteiger partial charge in [0.2, 0.25) is 15.8 Å². The fraction of sp³-hybridized carbons (Fsp3) is 0.333. The molecule has 0 saturated carbocycles. The number of hydrogen-bond donors (Lipinski definition) is 2. The summed E-state index contributed by atoms with van der Waals surface area (Å²) in [5.41, 5.74) is 0.329. The van der Waals surface area contributed by atoms with Crippen molar-refractivity contribution in [1.82, 2.24) is 24.9 Å². The van der Waals surface area contributed by atoms with Crippen molar-refractivity contribution in [2.75, 3.05) is 13.1 Å². The fourth-order valence-electron chi connectivity index (χ4n) is 2.41. The fourth-order valence-corrected chi connectivity index (χ4v) is 4.14. The number of carboxylic acid groups (broad SMARTS) is 1. The van der Waals surface area contributed by atoms with Crippen molar-refractivity contribution >= 4 is 27.6 Å². The van der Waals surface area contributed by atoms with E-state index in [9.17, 15) is 13.2 Å². The van der Waals surface area contributed by atoms with Crippen LogP contribution in [0.15, 0.2) is 23.1 Å². The monoisotopic (exact) mass is 357 g/mol. The number of benzene rings is 1. The number of aromatic amines is 1. The zero-order valence-electron chi connectivity index (χ0n) is 11.7. The van der Waals surface area contributed by atoms with E-state index < -0.39 is 21.9 Å². The van der Waals surface area contributed by atoms with Crippen molar-refractivity contribution in [3.63, 3.8) is 0 Å². The maximum Gasteiger partial charge on any atom is 0.307 e. The van der Waals surface area contributed by atoms with E-state index in [4.69, 9.17) is 16.7 Å². The molecule has 1 unspecified atom stereocenters. The quantitative estimate of drug-likeness (QED) is 0.820. The van der Waals surface area contributed by atoms with E-state index >= 15 is 0 Å². The SMILES string of the molecule is O=C(O)C1CCN(S(=O)(=O)c2ccc(Cl)c(-c3nn[nH]n3)c2)C1. The molecule has 9 nitrogen and oxygen atoms in total. The van der Waals surface area contributed by atoms with Gasteiger partial charge in [0, 0.05) is 18.7 Å². The maximum absolute atomic E-state index is 12.7. The molecule has 0 radical (unpaired) electrons. The molecule has 1 atom stereocenters. The first kappa shape index (κ1) is 15.8. The number of halogens is 1. The predicted octanol–water partition coefficient (Wildman–Crippen LogP) is 0.615. The van der Waals surface area contributed by atoms with Crippen LogP contribution in [-0.4, -0.2) is 57.5 Å². The largest absolute Gasteiger partial charge is 0.481 e. The number of aromatic nitrogens is 4. The van der Waals surface area contributed by atoms with Gasteiger partial charge in [0.25, 0.3) is 0 Å². The van der Waals surface area contributed by atoms with E-state index in [2.05, 4.69) is 20.6 Å². The number of rotatable bonds is 4. The van der Waals surface area contributed by atoms with Crippen LogP contribution in [0.5, 0.6) is 0 Å². The van der Waals surface area contributed by atoms with Gasteiger partial charge in [-0.1, -0.05) is 11.6 Å². The highest BCUT2D eigenvalue weighted by atomic mass is 35.5. The lowest BCUT2D eigenvalue weighted by Crippen LogP contribution is -2.30. The van der Waals surface area contributed by atoms with Crippen molar-refractivity contribution in [3.8, 4) is 11.4 Å². The normalized spacial score (nSPS) is 19.1. The summed E-state index contributed by atoms with van der Waals surface area (Å²) in [5.74, 6) is -1.50. The number of aliphatic carboxylic acids is 1. The van der Waals surface area contributed by atoms with Crippen molar-refractivity contribution in [3.05, 3.63) is 23.2 Å². The van der Waals surface area contributed by atoms with Crippen LogP contribution in [0.2, 0.25) is 5.02 Å². The summed E-state index contributed by atoms with van der Waals surface area (Å²) in [7, 11) is -3.81. The van der Waals surface area contributed by atoms with Crippen LogP contribution in [-0.2, 0) is 14.8 Å². The molecule has 0 bridgehead atoms. The number of carbonyl (C=O) groups is 1. The van der Waals surface area contributed by atoms with Gasteiger partial charge in [0.05, 0.1) is 15.8 Å². The highest BCUT2D eigenvalue weighted by Gasteiger charge is 2.36. The van der Waals surface area contributed by atoms with Gasteiger partial charge in [-0.3, -0.25) is 4.79 Å². The second-order valence-electron chi connectivity index (χ2n) is 5.06. The minimum atomic E-state index is -3.81. The van der Waals surface area contributed by atoms with Crippen LogP contribution in [0.1, 0.15) is 6.42 Å². The summed E-state index contributed by atoms with van der Waals surface area (Å²) in [6.07, 6.45) is 0.292. The minimum absolute atomic E-state index is 0.00717. The van der Waals surface area contributed by atoms with Gasteiger partial charge in [0.15, 0.2) is 0 Å². The van der Waals surface area contributed by atoms with Crippen LogP contribution in [0.4, 0.5) is 0 Å². The Morgan fingerprint density at radius 1 is 1.43 bits per heavy atom. The first-order chi connectivity index (χ1) is 10.9. The Labute approximate surface area is 136 Å². The van der Waals surface area contributed by atoms with Crippen LogP contribution < -0.4 is 0 Å². The second-order valence-corrected chi connectivity index (χ2v) is 7.41. The number of tetrazole rings is 1. The number of hydrogen-bond acceptors (Lipinski definition) is 6. The van der Waals surface area contributed by atoms with E-state index in [1.165, 1.54) is 18.2 Å². The smallest absolute Gasteiger partial charge is 0.307 e. The average molecular weight is 358 g/mol. The van der Waals surface area contributed by atoms with Gasteiger partial charge in [-0.25, -0.2) is 8.42 Å². The molecule has 2 heterocycles. The van der Waals surface area contributed by atoms with Gasteiger partial charge >= 0.3 is 5.97 Å². The maximum atomic E-state index is 12.7. The number of H-pyrrole nitrogens is 1. The molecule has 0 amide bonds. The van der Waals surface area contributed by atoms with Crippen molar-refractivity contribution in [2.45, 2.75) is 11.3 Å². The molecule has 1 saturated heterocycles. The molecule has 1 aliphatic heterocycles. The molecule has 1 aromatic carbocycles. The van der Waals surface area contributed by atoms with Crippen molar-refractivity contribution < 1.29 is 18.3 Å². The number of carboxylic acids is 1. The first-order valence-corrected chi connectivity index (χ1v) is 8.47. The third-order valence-electron chi connectivity index (χ3n) is 3.66. The summed E-state index contributed by atoms with van der Waals surface area (Å²) in [5, 5.41) is 22.6. The Morgan fingerprint density at radius 3 is 2.83 bits per heavy atom. The van der Waals surface area contributed by atoms with E-state index in [0.29, 0.717) is 12.0 Å². The van der Waals surface area contributed by atoms with Crippen LogP contribution >= 0.6 is 11.6 Å². The zero-order chi connectivity index (χ0) is 16.6. The van der Waals surface area contributed by atoms with Gasteiger partial charge in [0.1, 0.15) is 0 Å². The molecule has 2 N–H and O–H groups in total. The third kappa shape index (κ3) is 2.92. The molecule has 1 fully saturated rings. The molecule has 1 aliphatic rings. The van der Waals surface area contributed by atoms with Crippen LogP contribution in [0.3, 0.4) is 0 Å².